The molecule has 4 rings (SSSR count). The topological polar surface area (TPSA) is 143 Å². The minimum absolute atomic E-state index is 0.122. The maximum Gasteiger partial charge on any atom is 0.334 e. The highest BCUT2D eigenvalue weighted by atomic mass is 16.7. The lowest BCUT2D eigenvalue weighted by molar-refractivity contribution is -0.299. The van der Waals surface area contributed by atoms with Gasteiger partial charge in [-0.15, -0.1) is 0 Å². The van der Waals surface area contributed by atoms with Crippen molar-refractivity contribution in [1.29, 1.82) is 0 Å². The predicted octanol–water partition coefficient (Wildman–Crippen LogP) is -0.864. The largest absolute Gasteiger partial charge is 0.457 e. The van der Waals surface area contributed by atoms with Crippen LogP contribution in [0.25, 0.3) is 0 Å². The molecule has 2 fully saturated rings. The molecule has 1 unspecified atom stereocenters. The number of allylic oxidation sites excluding steroid dienone is 2. The Morgan fingerprint density at radius 2 is 1.93 bits per heavy atom. The van der Waals surface area contributed by atoms with Crippen LogP contribution >= 0.6 is 0 Å². The van der Waals surface area contributed by atoms with Gasteiger partial charge in [0.25, 0.3) is 0 Å². The first-order valence-electron chi connectivity index (χ1n) is 10.0. The standard InChI is InChI=1S/C21H26O9/c1-8-3-4-11-9(2)20(27)30-19(11)15-10(5-12(23)14(8)15)7-28-21-18(26)17(25)16(24)13(6-22)29-21/h5,11,13,15-19,21-22,24-26H,2-4,6-7H2,1H3/t11-,13+,15-,16+,17-,18+,19-,21?/m0/s1. The number of esters is 1. The Morgan fingerprint density at radius 1 is 1.20 bits per heavy atom. The van der Waals surface area contributed by atoms with E-state index in [0.29, 0.717) is 29.6 Å². The summed E-state index contributed by atoms with van der Waals surface area (Å²) in [4.78, 5) is 24.8. The zero-order valence-corrected chi connectivity index (χ0v) is 16.6. The van der Waals surface area contributed by atoms with Crippen molar-refractivity contribution < 1.29 is 44.2 Å². The van der Waals surface area contributed by atoms with E-state index in [1.165, 1.54) is 6.08 Å². The second-order valence-electron chi connectivity index (χ2n) is 8.30. The van der Waals surface area contributed by atoms with Gasteiger partial charge in [0.1, 0.15) is 30.5 Å². The minimum Gasteiger partial charge on any atom is -0.457 e. The summed E-state index contributed by atoms with van der Waals surface area (Å²) in [6.07, 6.45) is -4.76. The molecule has 4 aliphatic rings. The van der Waals surface area contributed by atoms with Crippen LogP contribution in [0.4, 0.5) is 0 Å². The molecule has 0 bridgehead atoms. The Balaban J connectivity index is 1.55. The molecule has 0 amide bonds. The molecule has 0 saturated carbocycles. The van der Waals surface area contributed by atoms with Gasteiger partial charge >= 0.3 is 5.97 Å². The summed E-state index contributed by atoms with van der Waals surface area (Å²) in [5.74, 6) is -1.30. The Morgan fingerprint density at radius 3 is 2.63 bits per heavy atom. The van der Waals surface area contributed by atoms with E-state index >= 15 is 0 Å². The van der Waals surface area contributed by atoms with Crippen LogP contribution in [0.2, 0.25) is 0 Å². The first-order valence-corrected chi connectivity index (χ1v) is 10.0. The van der Waals surface area contributed by atoms with Crippen LogP contribution in [-0.4, -0.2) is 82.2 Å². The van der Waals surface area contributed by atoms with Gasteiger partial charge in [-0.1, -0.05) is 12.2 Å². The van der Waals surface area contributed by atoms with E-state index < -0.39 is 55.3 Å². The highest BCUT2D eigenvalue weighted by Gasteiger charge is 2.51. The Labute approximate surface area is 173 Å². The van der Waals surface area contributed by atoms with Gasteiger partial charge in [0.15, 0.2) is 12.1 Å². The molecule has 8 atom stereocenters. The van der Waals surface area contributed by atoms with E-state index in [0.717, 1.165) is 5.57 Å². The smallest absolute Gasteiger partial charge is 0.334 e. The molecule has 4 N–H and O–H groups in total. The van der Waals surface area contributed by atoms with Crippen molar-refractivity contribution in [2.75, 3.05) is 13.2 Å². The Bertz CT molecular complexity index is 826. The third-order valence-corrected chi connectivity index (χ3v) is 6.52. The van der Waals surface area contributed by atoms with Crippen LogP contribution in [0.3, 0.4) is 0 Å². The van der Waals surface area contributed by atoms with Gasteiger partial charge in [-0.25, -0.2) is 4.79 Å². The zero-order valence-electron chi connectivity index (χ0n) is 16.6. The number of aliphatic hydroxyl groups is 4. The monoisotopic (exact) mass is 422 g/mol. The van der Waals surface area contributed by atoms with Gasteiger partial charge in [0.05, 0.1) is 13.2 Å². The lowest BCUT2D eigenvalue weighted by atomic mass is 9.83. The Kier molecular flexibility index (Phi) is 5.69. The van der Waals surface area contributed by atoms with E-state index in [1.807, 2.05) is 6.92 Å². The van der Waals surface area contributed by atoms with E-state index in [4.69, 9.17) is 14.2 Å². The fraction of sp³-hybridized carbons (Fsp3) is 0.619. The average Bonchev–Trinajstić information content (AvgIpc) is 3.14. The second kappa shape index (κ2) is 7.99. The molecule has 0 spiro atoms. The average molecular weight is 422 g/mol. The van der Waals surface area contributed by atoms with Crippen molar-refractivity contribution in [1.82, 2.24) is 0 Å². The van der Waals surface area contributed by atoms with Crippen molar-refractivity contribution in [3.63, 3.8) is 0 Å². The zero-order chi connectivity index (χ0) is 21.7. The number of carbonyl (C=O) groups is 2. The molecule has 2 aliphatic carbocycles. The number of fused-ring (bicyclic) bond motifs is 3. The highest BCUT2D eigenvalue weighted by Crippen LogP contribution is 2.47. The number of ketones is 1. The summed E-state index contributed by atoms with van der Waals surface area (Å²) >= 11 is 0. The molecule has 0 aromatic heterocycles. The van der Waals surface area contributed by atoms with Crippen molar-refractivity contribution in [3.05, 3.63) is 34.9 Å². The molecule has 0 aromatic rings. The third kappa shape index (κ3) is 3.35. The fourth-order valence-electron chi connectivity index (χ4n) is 4.82. The van der Waals surface area contributed by atoms with E-state index in [1.54, 1.807) is 0 Å². The first-order chi connectivity index (χ1) is 14.2. The molecule has 9 nitrogen and oxygen atoms in total. The van der Waals surface area contributed by atoms with Gasteiger partial charge in [-0.3, -0.25) is 4.79 Å². The number of carbonyl (C=O) groups excluding carboxylic acids is 2. The van der Waals surface area contributed by atoms with Crippen molar-refractivity contribution in [2.24, 2.45) is 11.8 Å². The van der Waals surface area contributed by atoms with Gasteiger partial charge in [0, 0.05) is 23.0 Å². The molecule has 0 radical (unpaired) electrons. The molecule has 9 heteroatoms. The van der Waals surface area contributed by atoms with Crippen LogP contribution in [0, 0.1) is 11.8 Å². The lowest BCUT2D eigenvalue weighted by Gasteiger charge is -2.39. The van der Waals surface area contributed by atoms with Crippen molar-refractivity contribution >= 4 is 11.8 Å². The summed E-state index contributed by atoms with van der Waals surface area (Å²) in [7, 11) is 0. The van der Waals surface area contributed by atoms with Crippen LogP contribution < -0.4 is 0 Å². The van der Waals surface area contributed by atoms with E-state index in [2.05, 4.69) is 6.58 Å². The number of ether oxygens (including phenoxy) is 3. The third-order valence-electron chi connectivity index (χ3n) is 6.52. The van der Waals surface area contributed by atoms with E-state index in [-0.39, 0.29) is 18.3 Å². The summed E-state index contributed by atoms with van der Waals surface area (Å²) in [6, 6.07) is 0. The summed E-state index contributed by atoms with van der Waals surface area (Å²) in [5, 5.41) is 39.3. The predicted molar refractivity (Wildman–Crippen MR) is 101 cm³/mol. The molecule has 2 aliphatic heterocycles. The SMILES string of the molecule is C=C1C(=O)O[C@@H]2[C@H]3C(COC4O[C@H](CO)[C@@H](O)[C@H](O)[C@H]4O)=CC(=O)C3=C(C)CC[C@@H]12. The maximum absolute atomic E-state index is 12.7. The number of aliphatic hydroxyl groups excluding tert-OH is 4. The molecule has 30 heavy (non-hydrogen) atoms. The van der Waals surface area contributed by atoms with E-state index in [9.17, 15) is 30.0 Å². The molecular formula is C21H26O9. The van der Waals surface area contributed by atoms with Crippen LogP contribution in [0.15, 0.2) is 34.9 Å². The fourth-order valence-corrected chi connectivity index (χ4v) is 4.82. The van der Waals surface area contributed by atoms with Gasteiger partial charge in [0.2, 0.25) is 0 Å². The van der Waals surface area contributed by atoms with Gasteiger partial charge in [-0.2, -0.15) is 0 Å². The lowest BCUT2D eigenvalue weighted by Crippen LogP contribution is -2.59. The number of hydrogen-bond acceptors (Lipinski definition) is 9. The minimum atomic E-state index is -1.56. The molecule has 2 heterocycles. The maximum atomic E-state index is 12.7. The summed E-state index contributed by atoms with van der Waals surface area (Å²) in [6.45, 7) is 5.05. The summed E-state index contributed by atoms with van der Waals surface area (Å²) in [5.41, 5.74) is 2.51. The van der Waals surface area contributed by atoms with Crippen LogP contribution in [0.5, 0.6) is 0 Å². The van der Waals surface area contributed by atoms with Gasteiger partial charge < -0.3 is 34.6 Å². The van der Waals surface area contributed by atoms with Crippen LogP contribution in [-0.2, 0) is 23.8 Å². The van der Waals surface area contributed by atoms with Crippen molar-refractivity contribution in [3.8, 4) is 0 Å². The molecule has 0 aromatic carbocycles. The van der Waals surface area contributed by atoms with Crippen molar-refractivity contribution in [2.45, 2.75) is 56.6 Å². The quantitative estimate of drug-likeness (QED) is 0.336. The van der Waals surface area contributed by atoms with Crippen LogP contribution in [0.1, 0.15) is 19.8 Å². The number of rotatable bonds is 4. The second-order valence-corrected chi connectivity index (χ2v) is 8.30. The number of hydrogen-bond donors (Lipinski definition) is 4. The molecule has 164 valence electrons. The molecule has 2 saturated heterocycles. The first kappa shape index (κ1) is 21.4. The summed E-state index contributed by atoms with van der Waals surface area (Å²) < 4.78 is 16.6. The normalized spacial score (nSPS) is 41.4. The Hall–Kier alpha value is -1.88. The highest BCUT2D eigenvalue weighted by molar-refractivity contribution is 6.09. The van der Waals surface area contributed by atoms with Gasteiger partial charge in [-0.05, 0) is 31.4 Å². The molecular weight excluding hydrogens is 396 g/mol.